The van der Waals surface area contributed by atoms with Crippen molar-refractivity contribution in [2.24, 2.45) is 5.73 Å². The predicted octanol–water partition coefficient (Wildman–Crippen LogP) is 2.49. The van der Waals surface area contributed by atoms with E-state index in [1.807, 2.05) is 32.0 Å². The Labute approximate surface area is 114 Å². The van der Waals surface area contributed by atoms with Crippen molar-refractivity contribution in [2.45, 2.75) is 26.7 Å². The number of nitrogens with one attached hydrogen (secondary N) is 1. The second-order valence-electron chi connectivity index (χ2n) is 3.87. The molecule has 0 aliphatic heterocycles. The van der Waals surface area contributed by atoms with Gasteiger partial charge in [0.25, 0.3) is 0 Å². The standard InChI is InChI=1S/C13H20N2O2.ClH/c1-3-17-12-9-10(2)6-7-11(12)15-13(16)5-4-8-14;/h6-7,9H,3-5,8,14H2,1-2H3,(H,15,16);1H. The Kier molecular flexibility index (Phi) is 8.16. The van der Waals surface area contributed by atoms with Crippen LogP contribution < -0.4 is 15.8 Å². The number of anilines is 1. The third kappa shape index (κ3) is 5.38. The molecule has 1 aromatic carbocycles. The fourth-order valence-electron chi connectivity index (χ4n) is 1.48. The van der Waals surface area contributed by atoms with Gasteiger partial charge in [0.15, 0.2) is 0 Å². The number of halogens is 1. The topological polar surface area (TPSA) is 64.3 Å². The van der Waals surface area contributed by atoms with Crippen molar-refractivity contribution in [2.75, 3.05) is 18.5 Å². The molecule has 4 nitrogen and oxygen atoms in total. The van der Waals surface area contributed by atoms with E-state index in [1.165, 1.54) is 0 Å². The highest BCUT2D eigenvalue weighted by molar-refractivity contribution is 5.92. The molecule has 5 heteroatoms. The lowest BCUT2D eigenvalue weighted by Gasteiger charge is -2.12. The van der Waals surface area contributed by atoms with Crippen LogP contribution in [0.3, 0.4) is 0 Å². The lowest BCUT2D eigenvalue weighted by atomic mass is 10.2. The molecule has 3 N–H and O–H groups in total. The van der Waals surface area contributed by atoms with Crippen molar-refractivity contribution in [1.82, 2.24) is 0 Å². The van der Waals surface area contributed by atoms with Gasteiger partial charge in [-0.2, -0.15) is 0 Å². The number of benzene rings is 1. The first kappa shape index (κ1) is 16.7. The van der Waals surface area contributed by atoms with Gasteiger partial charge < -0.3 is 15.8 Å². The fraction of sp³-hybridized carbons (Fsp3) is 0.462. The molecule has 0 saturated heterocycles. The van der Waals surface area contributed by atoms with E-state index in [0.29, 0.717) is 31.7 Å². The van der Waals surface area contributed by atoms with E-state index in [9.17, 15) is 4.79 Å². The first-order valence-corrected chi connectivity index (χ1v) is 5.90. The van der Waals surface area contributed by atoms with Crippen LogP contribution in [-0.4, -0.2) is 19.1 Å². The highest BCUT2D eigenvalue weighted by Crippen LogP contribution is 2.25. The van der Waals surface area contributed by atoms with Crippen molar-refractivity contribution in [3.63, 3.8) is 0 Å². The van der Waals surface area contributed by atoms with Crippen LogP contribution in [0.2, 0.25) is 0 Å². The zero-order valence-electron chi connectivity index (χ0n) is 10.9. The molecule has 0 fully saturated rings. The van der Waals surface area contributed by atoms with Crippen LogP contribution in [0.5, 0.6) is 5.75 Å². The Morgan fingerprint density at radius 2 is 2.17 bits per heavy atom. The predicted molar refractivity (Wildman–Crippen MR) is 76.5 cm³/mol. The van der Waals surface area contributed by atoms with E-state index in [1.54, 1.807) is 0 Å². The first-order valence-electron chi connectivity index (χ1n) is 5.90. The monoisotopic (exact) mass is 272 g/mol. The number of hydrogen-bond donors (Lipinski definition) is 2. The van der Waals surface area contributed by atoms with Gasteiger partial charge in [-0.05, 0) is 44.5 Å². The molecule has 0 atom stereocenters. The number of ether oxygens (including phenoxy) is 1. The zero-order chi connectivity index (χ0) is 12.7. The third-order valence-electron chi connectivity index (χ3n) is 2.32. The molecule has 0 unspecified atom stereocenters. The molecule has 102 valence electrons. The normalized spacial score (nSPS) is 9.50. The van der Waals surface area contributed by atoms with Gasteiger partial charge in [-0.1, -0.05) is 6.07 Å². The minimum absolute atomic E-state index is 0. The molecule has 0 bridgehead atoms. The van der Waals surface area contributed by atoms with E-state index < -0.39 is 0 Å². The highest BCUT2D eigenvalue weighted by atomic mass is 35.5. The van der Waals surface area contributed by atoms with Gasteiger partial charge in [0.05, 0.1) is 12.3 Å². The summed E-state index contributed by atoms with van der Waals surface area (Å²) in [6, 6.07) is 5.73. The molecule has 1 rings (SSSR count). The van der Waals surface area contributed by atoms with Crippen LogP contribution in [0, 0.1) is 6.92 Å². The van der Waals surface area contributed by atoms with E-state index in [2.05, 4.69) is 5.32 Å². The van der Waals surface area contributed by atoms with Gasteiger partial charge in [-0.3, -0.25) is 4.79 Å². The SMILES string of the molecule is CCOc1cc(C)ccc1NC(=O)CCCN.Cl. The Hall–Kier alpha value is -1.26. The maximum atomic E-state index is 11.6. The molecular formula is C13H21ClN2O2. The Bertz CT molecular complexity index is 383. The number of nitrogens with two attached hydrogens (primary N) is 1. The summed E-state index contributed by atoms with van der Waals surface area (Å²) in [4.78, 5) is 11.6. The lowest BCUT2D eigenvalue weighted by Crippen LogP contribution is -2.14. The number of amides is 1. The molecule has 0 heterocycles. The Balaban J connectivity index is 0.00000289. The quantitative estimate of drug-likeness (QED) is 0.836. The maximum Gasteiger partial charge on any atom is 0.224 e. The molecular weight excluding hydrogens is 252 g/mol. The number of carbonyl (C=O) groups excluding carboxylic acids is 1. The van der Waals surface area contributed by atoms with E-state index in [0.717, 1.165) is 11.3 Å². The van der Waals surface area contributed by atoms with Crippen LogP contribution in [0.25, 0.3) is 0 Å². The summed E-state index contributed by atoms with van der Waals surface area (Å²) in [5.41, 5.74) is 7.19. The van der Waals surface area contributed by atoms with Crippen molar-refractivity contribution in [1.29, 1.82) is 0 Å². The highest BCUT2D eigenvalue weighted by Gasteiger charge is 2.07. The molecule has 1 aromatic rings. The van der Waals surface area contributed by atoms with Crippen LogP contribution >= 0.6 is 12.4 Å². The summed E-state index contributed by atoms with van der Waals surface area (Å²) in [6.07, 6.45) is 1.14. The molecule has 0 radical (unpaired) electrons. The van der Waals surface area contributed by atoms with E-state index in [-0.39, 0.29) is 18.3 Å². The van der Waals surface area contributed by atoms with Crippen LogP contribution in [-0.2, 0) is 4.79 Å². The third-order valence-corrected chi connectivity index (χ3v) is 2.32. The summed E-state index contributed by atoms with van der Waals surface area (Å²) >= 11 is 0. The molecule has 0 saturated carbocycles. The summed E-state index contributed by atoms with van der Waals surface area (Å²) < 4.78 is 5.48. The summed E-state index contributed by atoms with van der Waals surface area (Å²) in [5.74, 6) is 0.689. The fourth-order valence-corrected chi connectivity index (χ4v) is 1.48. The number of rotatable bonds is 6. The molecule has 0 aliphatic carbocycles. The second kappa shape index (κ2) is 8.78. The van der Waals surface area contributed by atoms with E-state index in [4.69, 9.17) is 10.5 Å². The first-order chi connectivity index (χ1) is 8.17. The molecule has 0 spiro atoms. The van der Waals surface area contributed by atoms with Crippen molar-refractivity contribution < 1.29 is 9.53 Å². The summed E-state index contributed by atoms with van der Waals surface area (Å²) in [5, 5.41) is 2.84. The largest absolute Gasteiger partial charge is 0.492 e. The van der Waals surface area contributed by atoms with Crippen molar-refractivity contribution in [3.8, 4) is 5.75 Å². The Morgan fingerprint density at radius 3 is 2.78 bits per heavy atom. The zero-order valence-corrected chi connectivity index (χ0v) is 11.7. The van der Waals surface area contributed by atoms with Gasteiger partial charge in [-0.25, -0.2) is 0 Å². The van der Waals surface area contributed by atoms with E-state index >= 15 is 0 Å². The van der Waals surface area contributed by atoms with Gasteiger partial charge in [0, 0.05) is 6.42 Å². The minimum atomic E-state index is -0.0275. The van der Waals surface area contributed by atoms with Crippen LogP contribution in [0.1, 0.15) is 25.3 Å². The van der Waals surface area contributed by atoms with Crippen molar-refractivity contribution >= 4 is 24.0 Å². The Morgan fingerprint density at radius 1 is 1.44 bits per heavy atom. The average molecular weight is 273 g/mol. The van der Waals surface area contributed by atoms with Gasteiger partial charge >= 0.3 is 0 Å². The lowest BCUT2D eigenvalue weighted by molar-refractivity contribution is -0.116. The van der Waals surface area contributed by atoms with Gasteiger partial charge in [0.1, 0.15) is 5.75 Å². The van der Waals surface area contributed by atoms with Crippen LogP contribution in [0.15, 0.2) is 18.2 Å². The molecule has 0 aromatic heterocycles. The maximum absolute atomic E-state index is 11.6. The number of hydrogen-bond acceptors (Lipinski definition) is 3. The smallest absolute Gasteiger partial charge is 0.224 e. The summed E-state index contributed by atoms with van der Waals surface area (Å²) in [6.45, 7) is 5.01. The van der Waals surface area contributed by atoms with Crippen molar-refractivity contribution in [3.05, 3.63) is 23.8 Å². The van der Waals surface area contributed by atoms with Crippen LogP contribution in [0.4, 0.5) is 5.69 Å². The van der Waals surface area contributed by atoms with Gasteiger partial charge in [-0.15, -0.1) is 12.4 Å². The average Bonchev–Trinajstić information content (AvgIpc) is 2.30. The molecule has 1 amide bonds. The molecule has 0 aliphatic rings. The summed E-state index contributed by atoms with van der Waals surface area (Å²) in [7, 11) is 0. The number of aryl methyl sites for hydroxylation is 1. The number of carbonyl (C=O) groups is 1. The second-order valence-corrected chi connectivity index (χ2v) is 3.87. The molecule has 18 heavy (non-hydrogen) atoms. The minimum Gasteiger partial charge on any atom is -0.492 e. The van der Waals surface area contributed by atoms with Gasteiger partial charge in [0.2, 0.25) is 5.91 Å².